The molecule has 0 aliphatic carbocycles. The Labute approximate surface area is 113 Å². The molecule has 0 saturated carbocycles. The van der Waals surface area contributed by atoms with Gasteiger partial charge in [-0.05, 0) is 19.3 Å². The first-order valence-corrected chi connectivity index (χ1v) is 6.83. The van der Waals surface area contributed by atoms with E-state index in [2.05, 4.69) is 17.4 Å². The minimum absolute atomic E-state index is 0.0881. The molecule has 0 spiro atoms. The number of aryl methyl sites for hydroxylation is 2. The predicted molar refractivity (Wildman–Crippen MR) is 71.4 cm³/mol. The van der Waals surface area contributed by atoms with Crippen LogP contribution in [0.15, 0.2) is 0 Å². The molecule has 1 aliphatic heterocycles. The molecule has 2 unspecified atom stereocenters. The first kappa shape index (κ1) is 13.8. The van der Waals surface area contributed by atoms with E-state index in [1.54, 1.807) is 0 Å². The Morgan fingerprint density at radius 2 is 2.44 bits per heavy atom. The van der Waals surface area contributed by atoms with E-state index in [4.69, 9.17) is 22.2 Å². The van der Waals surface area contributed by atoms with Crippen molar-refractivity contribution in [3.05, 3.63) is 16.4 Å². The SMILES string of the molecule is CCc1nn(C)c(CC(NN)C2CCCO2)c1Cl. The number of hydrogen-bond acceptors (Lipinski definition) is 4. The van der Waals surface area contributed by atoms with E-state index in [1.807, 2.05) is 11.7 Å². The fourth-order valence-electron chi connectivity index (χ4n) is 2.47. The number of rotatable bonds is 5. The highest BCUT2D eigenvalue weighted by atomic mass is 35.5. The van der Waals surface area contributed by atoms with Crippen LogP contribution in [0.3, 0.4) is 0 Å². The summed E-state index contributed by atoms with van der Waals surface area (Å²) in [5.74, 6) is 5.64. The monoisotopic (exact) mass is 272 g/mol. The van der Waals surface area contributed by atoms with Gasteiger partial charge in [-0.3, -0.25) is 16.0 Å². The Morgan fingerprint density at radius 3 is 2.94 bits per heavy atom. The van der Waals surface area contributed by atoms with Gasteiger partial charge in [0.2, 0.25) is 0 Å². The van der Waals surface area contributed by atoms with Gasteiger partial charge in [-0.1, -0.05) is 18.5 Å². The van der Waals surface area contributed by atoms with Gasteiger partial charge in [0.05, 0.1) is 28.6 Å². The van der Waals surface area contributed by atoms with E-state index in [0.29, 0.717) is 0 Å². The van der Waals surface area contributed by atoms with Crippen LogP contribution >= 0.6 is 11.6 Å². The summed E-state index contributed by atoms with van der Waals surface area (Å²) in [6, 6.07) is 0.0881. The molecule has 2 atom stereocenters. The Morgan fingerprint density at radius 1 is 1.67 bits per heavy atom. The highest BCUT2D eigenvalue weighted by Gasteiger charge is 2.27. The second-order valence-corrected chi connectivity index (χ2v) is 5.09. The maximum absolute atomic E-state index is 6.34. The normalized spacial score (nSPS) is 21.4. The Kier molecular flexibility index (Phi) is 4.61. The third-order valence-electron chi connectivity index (χ3n) is 3.54. The summed E-state index contributed by atoms with van der Waals surface area (Å²) in [5.41, 5.74) is 4.81. The van der Waals surface area contributed by atoms with Crippen molar-refractivity contribution < 1.29 is 4.74 Å². The molecule has 0 radical (unpaired) electrons. The summed E-state index contributed by atoms with van der Waals surface area (Å²) in [7, 11) is 1.92. The summed E-state index contributed by atoms with van der Waals surface area (Å²) in [4.78, 5) is 0. The second kappa shape index (κ2) is 6.02. The summed E-state index contributed by atoms with van der Waals surface area (Å²) in [6.45, 7) is 2.87. The van der Waals surface area contributed by atoms with E-state index in [9.17, 15) is 0 Å². The van der Waals surface area contributed by atoms with Crippen molar-refractivity contribution in [3.8, 4) is 0 Å². The van der Waals surface area contributed by atoms with Crippen LogP contribution in [0, 0.1) is 0 Å². The summed E-state index contributed by atoms with van der Waals surface area (Å²) < 4.78 is 7.52. The van der Waals surface area contributed by atoms with E-state index in [1.165, 1.54) is 0 Å². The molecule has 0 amide bonds. The molecule has 0 aromatic carbocycles. The second-order valence-electron chi connectivity index (χ2n) is 4.71. The first-order chi connectivity index (χ1) is 8.67. The molecule has 0 bridgehead atoms. The smallest absolute Gasteiger partial charge is 0.0850 e. The van der Waals surface area contributed by atoms with E-state index in [-0.39, 0.29) is 12.1 Å². The summed E-state index contributed by atoms with van der Waals surface area (Å²) in [6.07, 6.45) is 3.90. The molecular formula is C12H21ClN4O. The average molecular weight is 273 g/mol. The lowest BCUT2D eigenvalue weighted by Gasteiger charge is -2.22. The molecule has 1 saturated heterocycles. The van der Waals surface area contributed by atoms with Crippen molar-refractivity contribution in [1.29, 1.82) is 0 Å². The van der Waals surface area contributed by atoms with E-state index in [0.717, 1.165) is 48.7 Å². The first-order valence-electron chi connectivity index (χ1n) is 6.45. The highest BCUT2D eigenvalue weighted by molar-refractivity contribution is 6.31. The van der Waals surface area contributed by atoms with Gasteiger partial charge < -0.3 is 4.74 Å². The Bertz CT molecular complexity index is 401. The number of aromatic nitrogens is 2. The Hall–Kier alpha value is -0.620. The minimum atomic E-state index is 0.0881. The van der Waals surface area contributed by atoms with Gasteiger partial charge in [-0.25, -0.2) is 0 Å². The van der Waals surface area contributed by atoms with Crippen LogP contribution in [0.2, 0.25) is 5.02 Å². The van der Waals surface area contributed by atoms with Gasteiger partial charge in [0.25, 0.3) is 0 Å². The van der Waals surface area contributed by atoms with Crippen molar-refractivity contribution in [2.75, 3.05) is 6.61 Å². The number of nitrogens with zero attached hydrogens (tertiary/aromatic N) is 2. The molecule has 2 rings (SSSR count). The highest BCUT2D eigenvalue weighted by Crippen LogP contribution is 2.24. The maximum Gasteiger partial charge on any atom is 0.0850 e. The Balaban J connectivity index is 2.13. The molecule has 3 N–H and O–H groups in total. The van der Waals surface area contributed by atoms with Crippen LogP contribution < -0.4 is 11.3 Å². The van der Waals surface area contributed by atoms with Crippen molar-refractivity contribution in [2.45, 2.75) is 44.8 Å². The van der Waals surface area contributed by atoms with Gasteiger partial charge >= 0.3 is 0 Å². The van der Waals surface area contributed by atoms with Crippen LogP contribution in [0.25, 0.3) is 0 Å². The lowest BCUT2D eigenvalue weighted by molar-refractivity contribution is 0.0779. The molecule has 18 heavy (non-hydrogen) atoms. The lowest BCUT2D eigenvalue weighted by Crippen LogP contribution is -2.45. The zero-order chi connectivity index (χ0) is 13.1. The number of hydrazine groups is 1. The van der Waals surface area contributed by atoms with Crippen molar-refractivity contribution in [2.24, 2.45) is 12.9 Å². The number of nitrogens with two attached hydrogens (primary N) is 1. The molecule has 1 fully saturated rings. The predicted octanol–water partition coefficient (Wildman–Crippen LogP) is 1.19. The van der Waals surface area contributed by atoms with Gasteiger partial charge in [-0.2, -0.15) is 5.10 Å². The molecule has 5 nitrogen and oxygen atoms in total. The molecule has 2 heterocycles. The fourth-order valence-corrected chi connectivity index (χ4v) is 2.84. The van der Waals surface area contributed by atoms with Crippen LogP contribution in [0.1, 0.15) is 31.2 Å². The third-order valence-corrected chi connectivity index (χ3v) is 3.98. The zero-order valence-electron chi connectivity index (χ0n) is 10.9. The largest absolute Gasteiger partial charge is 0.377 e. The molecule has 102 valence electrons. The molecule has 1 aromatic heterocycles. The standard InChI is InChI=1S/C12H21ClN4O/c1-3-8-12(13)10(17(2)16-8)7-9(15-14)11-5-4-6-18-11/h9,11,15H,3-7,14H2,1-2H3. The van der Waals surface area contributed by atoms with Crippen LogP contribution in [0.5, 0.6) is 0 Å². The molecular weight excluding hydrogens is 252 g/mol. The quantitative estimate of drug-likeness (QED) is 0.624. The zero-order valence-corrected chi connectivity index (χ0v) is 11.7. The van der Waals surface area contributed by atoms with Crippen molar-refractivity contribution >= 4 is 11.6 Å². The van der Waals surface area contributed by atoms with Gasteiger partial charge in [0, 0.05) is 20.1 Å². The molecule has 6 heteroatoms. The van der Waals surface area contributed by atoms with Crippen LogP contribution in [-0.2, 0) is 24.6 Å². The van der Waals surface area contributed by atoms with Crippen LogP contribution in [-0.4, -0.2) is 28.5 Å². The fraction of sp³-hybridized carbons (Fsp3) is 0.750. The van der Waals surface area contributed by atoms with E-state index >= 15 is 0 Å². The maximum atomic E-state index is 6.34. The number of ether oxygens (including phenoxy) is 1. The minimum Gasteiger partial charge on any atom is -0.377 e. The number of hydrogen-bond donors (Lipinski definition) is 2. The van der Waals surface area contributed by atoms with Gasteiger partial charge in [0.15, 0.2) is 0 Å². The molecule has 1 aromatic rings. The topological polar surface area (TPSA) is 65.1 Å². The average Bonchev–Trinajstić information content (AvgIpc) is 2.97. The lowest BCUT2D eigenvalue weighted by atomic mass is 10.0. The number of nitrogens with one attached hydrogen (secondary N) is 1. The van der Waals surface area contributed by atoms with E-state index < -0.39 is 0 Å². The summed E-state index contributed by atoms with van der Waals surface area (Å²) >= 11 is 6.34. The molecule has 1 aliphatic rings. The van der Waals surface area contributed by atoms with Gasteiger partial charge in [-0.15, -0.1) is 0 Å². The van der Waals surface area contributed by atoms with Crippen molar-refractivity contribution in [1.82, 2.24) is 15.2 Å². The van der Waals surface area contributed by atoms with Gasteiger partial charge in [0.1, 0.15) is 0 Å². The number of halogens is 1. The summed E-state index contributed by atoms with van der Waals surface area (Å²) in [5, 5.41) is 5.18. The van der Waals surface area contributed by atoms with Crippen molar-refractivity contribution in [3.63, 3.8) is 0 Å². The van der Waals surface area contributed by atoms with Crippen LogP contribution in [0.4, 0.5) is 0 Å². The third kappa shape index (κ3) is 2.69.